The zero-order chi connectivity index (χ0) is 31.5. The molecule has 0 amide bonds. The van der Waals surface area contributed by atoms with Crippen LogP contribution in [-0.2, 0) is 38.1 Å². The van der Waals surface area contributed by atoms with Gasteiger partial charge in [0.1, 0.15) is 0 Å². The minimum Gasteiger partial charge on any atom is -0.501 e. The van der Waals surface area contributed by atoms with Gasteiger partial charge >= 0.3 is 5.69 Å². The third kappa shape index (κ3) is 5.65. The van der Waals surface area contributed by atoms with Gasteiger partial charge in [-0.25, -0.2) is 33.7 Å². The van der Waals surface area contributed by atoms with Crippen LogP contribution >= 0.6 is 21.4 Å². The molecule has 0 aliphatic carbocycles. The molecule has 13 nitrogen and oxygen atoms in total. The highest BCUT2D eigenvalue weighted by Gasteiger charge is 2.36. The van der Waals surface area contributed by atoms with Gasteiger partial charge in [0.15, 0.2) is 4.98 Å². The number of fused-ring (bicyclic) bond motifs is 2. The summed E-state index contributed by atoms with van der Waals surface area (Å²) >= 11 is 0. The summed E-state index contributed by atoms with van der Waals surface area (Å²) in [6, 6.07) is 12.0. The molecule has 1 aliphatic heterocycles. The van der Waals surface area contributed by atoms with Crippen molar-refractivity contribution < 1.29 is 38.8 Å². The Morgan fingerprint density at radius 3 is 1.81 bits per heavy atom. The van der Waals surface area contributed by atoms with Gasteiger partial charge in [-0.3, -0.25) is 0 Å². The molecule has 0 saturated carbocycles. The summed E-state index contributed by atoms with van der Waals surface area (Å²) in [5, 5.41) is 19.6. The average Bonchev–Trinajstić information content (AvgIpc) is 2.95. The maximum atomic E-state index is 13.6. The molecule has 4 aromatic carbocycles. The molecule has 1 saturated heterocycles. The number of aromatic hydroxyl groups is 1. The average molecular weight is 707 g/mol. The monoisotopic (exact) mass is 705 g/mol. The first-order valence-electron chi connectivity index (χ1n) is 12.0. The number of piperazine rings is 1. The van der Waals surface area contributed by atoms with E-state index in [0.29, 0.717) is 0 Å². The first-order chi connectivity index (χ1) is 20.0. The zero-order valence-electron chi connectivity index (χ0n) is 21.5. The van der Waals surface area contributed by atoms with Gasteiger partial charge in [-0.15, -0.1) is 0 Å². The number of nitrogens with zero attached hydrogens (tertiary/aromatic N) is 4. The predicted octanol–water partition coefficient (Wildman–Crippen LogP) is 3.73. The Labute approximate surface area is 255 Å². The van der Waals surface area contributed by atoms with Crippen molar-refractivity contribution in [1.29, 1.82) is 5.39 Å². The normalized spacial score (nSPS) is 15.9. The highest BCUT2D eigenvalue weighted by molar-refractivity contribution is 8.14. The van der Waals surface area contributed by atoms with E-state index in [1.807, 2.05) is 0 Å². The molecule has 1 N–H and O–H groups in total. The molecule has 1 aliphatic rings. The van der Waals surface area contributed by atoms with Gasteiger partial charge in [0.25, 0.3) is 18.1 Å². The first kappa shape index (κ1) is 31.3. The summed E-state index contributed by atoms with van der Waals surface area (Å²) in [4.78, 5) is 1.34. The van der Waals surface area contributed by atoms with E-state index in [0.717, 1.165) is 38.9 Å². The molecule has 0 bridgehead atoms. The molecule has 1 heterocycles. The molecular weight excluding hydrogens is 687 g/mol. The second-order valence-electron chi connectivity index (χ2n) is 9.37. The van der Waals surface area contributed by atoms with E-state index in [4.69, 9.17) is 26.8 Å². The van der Waals surface area contributed by atoms with Gasteiger partial charge in [0.05, 0.1) is 19.6 Å². The Bertz CT molecular complexity index is 2320. The first-order valence-corrected chi connectivity index (χ1v) is 19.5. The lowest BCUT2D eigenvalue weighted by atomic mass is 10.1. The maximum absolute atomic E-state index is 13.6. The van der Waals surface area contributed by atoms with Crippen LogP contribution in [0, 0.1) is 5.39 Å². The maximum Gasteiger partial charge on any atom is 0.426 e. The van der Waals surface area contributed by atoms with Crippen LogP contribution in [0.15, 0.2) is 80.2 Å². The van der Waals surface area contributed by atoms with Crippen LogP contribution in [0.3, 0.4) is 0 Å². The fourth-order valence-corrected chi connectivity index (χ4v) is 9.91. The molecule has 0 atom stereocenters. The highest BCUT2D eigenvalue weighted by Crippen LogP contribution is 2.38. The lowest BCUT2D eigenvalue weighted by molar-refractivity contribution is 0.273. The Kier molecular flexibility index (Phi) is 7.89. The number of benzene rings is 4. The number of halogens is 2. The van der Waals surface area contributed by atoms with Crippen LogP contribution in [0.4, 0.5) is 5.69 Å². The molecule has 43 heavy (non-hydrogen) atoms. The van der Waals surface area contributed by atoms with E-state index in [-0.39, 0.29) is 58.3 Å². The summed E-state index contributed by atoms with van der Waals surface area (Å²) in [5.41, 5.74) is -0.153. The van der Waals surface area contributed by atoms with E-state index in [2.05, 4.69) is 4.98 Å². The molecule has 1 fully saturated rings. The number of sulfonamides is 2. The van der Waals surface area contributed by atoms with Gasteiger partial charge in [0.2, 0.25) is 31.2 Å². The quantitative estimate of drug-likeness (QED) is 0.228. The standard InChI is InChI=1S/C24H18Cl2N4O9S4/c25-40(32,33)16-4-5-18-15(12-16)13-17(14-23(18)41(26,34)35)42(36,37)29-8-10-30(11-9-29)43(38,39)22-3-1-2-20-19(22)6-7-21(28-27)24(20)31/h1-7,12-14H,8-11H2/p+1. The van der Waals surface area contributed by atoms with Crippen molar-refractivity contribution in [2.45, 2.75) is 19.6 Å². The lowest BCUT2D eigenvalue weighted by Gasteiger charge is -2.33. The van der Waals surface area contributed by atoms with Crippen LogP contribution in [0.25, 0.3) is 26.5 Å². The molecule has 0 unspecified atom stereocenters. The van der Waals surface area contributed by atoms with Crippen LogP contribution in [-0.4, -0.2) is 73.6 Å². The van der Waals surface area contributed by atoms with Gasteiger partial charge in [-0.1, -0.05) is 18.2 Å². The van der Waals surface area contributed by atoms with Crippen molar-refractivity contribution in [3.05, 3.63) is 65.6 Å². The second kappa shape index (κ2) is 10.8. The predicted molar refractivity (Wildman–Crippen MR) is 158 cm³/mol. The van der Waals surface area contributed by atoms with Gasteiger partial charge in [-0.2, -0.15) is 8.61 Å². The molecule has 4 aromatic rings. The number of hydrogen-bond donors (Lipinski definition) is 1. The SMILES string of the molecule is N#[N+]c1ccc2c(S(=O)(=O)N3CCN(S(=O)(=O)c4cc(S(=O)(=O)Cl)c5ccc(S(=O)(=O)Cl)cc5c4)CC3)cccc2c1O. The number of hydrogen-bond acceptors (Lipinski definition) is 10. The van der Waals surface area contributed by atoms with E-state index < -0.39 is 58.6 Å². The molecule has 0 radical (unpaired) electrons. The van der Waals surface area contributed by atoms with Crippen LogP contribution in [0.2, 0.25) is 0 Å². The zero-order valence-corrected chi connectivity index (χ0v) is 26.3. The summed E-state index contributed by atoms with van der Waals surface area (Å²) in [5.74, 6) is -0.419. The fraction of sp³-hybridized carbons (Fsp3) is 0.167. The fourth-order valence-electron chi connectivity index (χ4n) is 4.83. The molecule has 226 valence electrons. The number of phenolic OH excluding ortho intramolecular Hbond substituents is 1. The Balaban J connectivity index is 1.49. The number of diazo groups is 1. The Morgan fingerprint density at radius 2 is 1.23 bits per heavy atom. The van der Waals surface area contributed by atoms with Crippen molar-refractivity contribution in [3.63, 3.8) is 0 Å². The minimum absolute atomic E-state index is 0.0326. The molecule has 0 aromatic heterocycles. The minimum atomic E-state index is -4.49. The van der Waals surface area contributed by atoms with Crippen molar-refractivity contribution in [2.24, 2.45) is 0 Å². The molecule has 0 spiro atoms. The van der Waals surface area contributed by atoms with Crippen molar-refractivity contribution in [3.8, 4) is 5.75 Å². The number of rotatable bonds is 6. The Hall–Kier alpha value is -3.08. The summed E-state index contributed by atoms with van der Waals surface area (Å²) < 4.78 is 105. The summed E-state index contributed by atoms with van der Waals surface area (Å²) in [7, 11) is -6.36. The largest absolute Gasteiger partial charge is 0.501 e. The smallest absolute Gasteiger partial charge is 0.426 e. The lowest BCUT2D eigenvalue weighted by Crippen LogP contribution is -2.50. The van der Waals surface area contributed by atoms with E-state index in [1.54, 1.807) is 0 Å². The molecular formula is C24H19Cl2N4O9S4+. The molecule has 5 rings (SSSR count). The van der Waals surface area contributed by atoms with E-state index in [9.17, 15) is 38.8 Å². The third-order valence-electron chi connectivity index (χ3n) is 6.94. The Morgan fingerprint density at radius 1 is 0.651 bits per heavy atom. The number of phenols is 1. The van der Waals surface area contributed by atoms with Crippen LogP contribution < -0.4 is 0 Å². The van der Waals surface area contributed by atoms with Crippen molar-refractivity contribution in [1.82, 2.24) is 8.61 Å². The summed E-state index contributed by atoms with van der Waals surface area (Å²) in [6.45, 7) is -1.14. The van der Waals surface area contributed by atoms with E-state index >= 15 is 0 Å². The van der Waals surface area contributed by atoms with Gasteiger partial charge < -0.3 is 5.11 Å². The summed E-state index contributed by atoms with van der Waals surface area (Å²) in [6.07, 6.45) is 0. The topological polar surface area (TPSA) is 191 Å². The van der Waals surface area contributed by atoms with Gasteiger partial charge in [-0.05, 0) is 41.8 Å². The highest BCUT2D eigenvalue weighted by atomic mass is 35.7. The second-order valence-corrected chi connectivity index (χ2v) is 18.3. The molecule has 19 heteroatoms. The van der Waals surface area contributed by atoms with Gasteiger partial charge in [0, 0.05) is 69.8 Å². The third-order valence-corrected chi connectivity index (χ3v) is 13.5. The van der Waals surface area contributed by atoms with E-state index in [1.165, 1.54) is 30.3 Å². The van der Waals surface area contributed by atoms with Crippen molar-refractivity contribution in [2.75, 3.05) is 26.2 Å². The van der Waals surface area contributed by atoms with Crippen molar-refractivity contribution >= 4 is 86.7 Å². The van der Waals surface area contributed by atoms with Crippen LogP contribution in [0.1, 0.15) is 0 Å². The van der Waals surface area contributed by atoms with Crippen LogP contribution in [0.5, 0.6) is 5.75 Å².